The van der Waals surface area contributed by atoms with Gasteiger partial charge in [-0.05, 0) is 25.5 Å². The number of carboxylic acid groups (broad SMARTS) is 1. The summed E-state index contributed by atoms with van der Waals surface area (Å²) in [7, 11) is 0. The molecule has 0 aliphatic carbocycles. The van der Waals surface area contributed by atoms with Crippen molar-refractivity contribution in [3.8, 4) is 0 Å². The van der Waals surface area contributed by atoms with Gasteiger partial charge in [0.05, 0.1) is 17.3 Å². The standard InChI is InChI=1S/C15H15F2NO3/c1-3-8(2)18-9(7-13(20)21)6-12(19)14-10(16)4-5-11(17)15(14)18/h4-6,8H,3,7H2,1-2H3,(H,20,21). The van der Waals surface area contributed by atoms with E-state index in [1.807, 2.05) is 6.92 Å². The SMILES string of the molecule is CCC(C)n1c(CC(=O)O)cc(=O)c2c(F)ccc(F)c21. The lowest BCUT2D eigenvalue weighted by molar-refractivity contribution is -0.136. The van der Waals surface area contributed by atoms with Crippen LogP contribution in [0.1, 0.15) is 32.0 Å². The molecule has 1 aromatic carbocycles. The maximum atomic E-state index is 14.1. The minimum absolute atomic E-state index is 0.166. The summed E-state index contributed by atoms with van der Waals surface area (Å²) in [5.41, 5.74) is -0.718. The lowest BCUT2D eigenvalue weighted by Gasteiger charge is -2.22. The molecule has 2 rings (SSSR count). The van der Waals surface area contributed by atoms with Gasteiger partial charge in [-0.2, -0.15) is 0 Å². The molecule has 1 atom stereocenters. The van der Waals surface area contributed by atoms with Crippen molar-refractivity contribution in [2.24, 2.45) is 0 Å². The fourth-order valence-electron chi connectivity index (χ4n) is 2.42. The highest BCUT2D eigenvalue weighted by Gasteiger charge is 2.20. The summed E-state index contributed by atoms with van der Waals surface area (Å²) < 4.78 is 29.4. The molecule has 0 saturated carbocycles. The van der Waals surface area contributed by atoms with E-state index in [4.69, 9.17) is 5.11 Å². The van der Waals surface area contributed by atoms with Crippen molar-refractivity contribution < 1.29 is 18.7 Å². The van der Waals surface area contributed by atoms with Crippen LogP contribution in [0, 0.1) is 11.6 Å². The lowest BCUT2D eigenvalue weighted by atomic mass is 10.1. The maximum Gasteiger partial charge on any atom is 0.309 e. The number of aliphatic carboxylic acids is 1. The Hall–Kier alpha value is -2.24. The number of carboxylic acids is 1. The first-order valence-electron chi connectivity index (χ1n) is 6.60. The molecule has 0 radical (unpaired) electrons. The van der Waals surface area contributed by atoms with Crippen LogP contribution in [0.25, 0.3) is 10.9 Å². The van der Waals surface area contributed by atoms with E-state index >= 15 is 0 Å². The van der Waals surface area contributed by atoms with Crippen molar-refractivity contribution in [2.45, 2.75) is 32.7 Å². The average Bonchev–Trinajstić information content (AvgIpc) is 2.41. The molecule has 1 aromatic heterocycles. The van der Waals surface area contributed by atoms with Gasteiger partial charge in [0.1, 0.15) is 11.6 Å². The van der Waals surface area contributed by atoms with Gasteiger partial charge in [-0.3, -0.25) is 9.59 Å². The fraction of sp³-hybridized carbons (Fsp3) is 0.333. The summed E-state index contributed by atoms with van der Waals surface area (Å²) in [5, 5.41) is 8.61. The highest BCUT2D eigenvalue weighted by Crippen LogP contribution is 2.25. The molecule has 0 fully saturated rings. The highest BCUT2D eigenvalue weighted by atomic mass is 19.1. The van der Waals surface area contributed by atoms with Crippen LogP contribution < -0.4 is 5.43 Å². The van der Waals surface area contributed by atoms with Crippen LogP contribution in [-0.2, 0) is 11.2 Å². The van der Waals surface area contributed by atoms with E-state index in [0.717, 1.165) is 18.2 Å². The zero-order chi connectivity index (χ0) is 15.7. The van der Waals surface area contributed by atoms with E-state index in [0.29, 0.717) is 6.42 Å². The molecule has 2 aromatic rings. The average molecular weight is 295 g/mol. The predicted molar refractivity (Wildman–Crippen MR) is 74.5 cm³/mol. The molecular formula is C15H15F2NO3. The summed E-state index contributed by atoms with van der Waals surface area (Å²) in [6.07, 6.45) is 0.159. The van der Waals surface area contributed by atoms with Crippen molar-refractivity contribution in [1.82, 2.24) is 4.57 Å². The first-order valence-corrected chi connectivity index (χ1v) is 6.60. The van der Waals surface area contributed by atoms with Gasteiger partial charge in [0.25, 0.3) is 0 Å². The quantitative estimate of drug-likeness (QED) is 0.943. The van der Waals surface area contributed by atoms with Gasteiger partial charge in [0.15, 0.2) is 5.43 Å². The van der Waals surface area contributed by atoms with Gasteiger partial charge in [-0.1, -0.05) is 6.92 Å². The van der Waals surface area contributed by atoms with E-state index in [2.05, 4.69) is 0 Å². The monoisotopic (exact) mass is 295 g/mol. The van der Waals surface area contributed by atoms with Crippen LogP contribution in [0.15, 0.2) is 23.0 Å². The highest BCUT2D eigenvalue weighted by molar-refractivity contribution is 5.81. The Labute approximate surface area is 119 Å². The first-order chi connectivity index (χ1) is 9.86. The zero-order valence-corrected chi connectivity index (χ0v) is 11.7. The van der Waals surface area contributed by atoms with Crippen LogP contribution in [0.3, 0.4) is 0 Å². The number of hydrogen-bond donors (Lipinski definition) is 1. The molecular weight excluding hydrogens is 280 g/mol. The Morgan fingerprint density at radius 3 is 2.52 bits per heavy atom. The number of hydrogen-bond acceptors (Lipinski definition) is 2. The molecule has 0 aliphatic rings. The lowest BCUT2D eigenvalue weighted by Crippen LogP contribution is -2.21. The number of pyridine rings is 1. The number of benzene rings is 1. The second-order valence-electron chi connectivity index (χ2n) is 4.95. The second-order valence-corrected chi connectivity index (χ2v) is 4.95. The number of rotatable bonds is 4. The van der Waals surface area contributed by atoms with Crippen molar-refractivity contribution in [3.63, 3.8) is 0 Å². The molecule has 0 spiro atoms. The van der Waals surface area contributed by atoms with Crippen LogP contribution >= 0.6 is 0 Å². The minimum atomic E-state index is -1.14. The Balaban J connectivity index is 2.96. The molecule has 0 amide bonds. The molecule has 1 heterocycles. The van der Waals surface area contributed by atoms with Crippen molar-refractivity contribution in [3.05, 3.63) is 45.8 Å². The van der Waals surface area contributed by atoms with E-state index in [1.54, 1.807) is 6.92 Å². The Kier molecular flexibility index (Phi) is 4.06. The van der Waals surface area contributed by atoms with Gasteiger partial charge in [0.2, 0.25) is 0 Å². The molecule has 0 aliphatic heterocycles. The molecule has 1 unspecified atom stereocenters. The van der Waals surface area contributed by atoms with Crippen LogP contribution in [0.5, 0.6) is 0 Å². The largest absolute Gasteiger partial charge is 0.481 e. The normalized spacial score (nSPS) is 12.6. The Bertz CT molecular complexity index is 768. The van der Waals surface area contributed by atoms with Gasteiger partial charge in [0, 0.05) is 17.8 Å². The van der Waals surface area contributed by atoms with Crippen molar-refractivity contribution in [2.75, 3.05) is 0 Å². The Morgan fingerprint density at radius 2 is 1.95 bits per heavy atom. The van der Waals surface area contributed by atoms with Crippen molar-refractivity contribution in [1.29, 1.82) is 0 Å². The van der Waals surface area contributed by atoms with E-state index < -0.39 is 29.5 Å². The van der Waals surface area contributed by atoms with Crippen LogP contribution in [-0.4, -0.2) is 15.6 Å². The minimum Gasteiger partial charge on any atom is -0.481 e. The second kappa shape index (κ2) is 5.63. The van der Waals surface area contributed by atoms with Crippen LogP contribution in [0.4, 0.5) is 8.78 Å². The fourth-order valence-corrected chi connectivity index (χ4v) is 2.42. The van der Waals surface area contributed by atoms with Crippen molar-refractivity contribution >= 4 is 16.9 Å². The predicted octanol–water partition coefficient (Wildman–Crippen LogP) is 2.88. The topological polar surface area (TPSA) is 59.3 Å². The van der Waals surface area contributed by atoms with Gasteiger partial charge < -0.3 is 9.67 Å². The Morgan fingerprint density at radius 1 is 1.33 bits per heavy atom. The maximum absolute atomic E-state index is 14.1. The van der Waals surface area contributed by atoms with E-state index in [1.165, 1.54) is 4.57 Å². The number of fused-ring (bicyclic) bond motifs is 1. The number of nitrogens with zero attached hydrogens (tertiary/aromatic N) is 1. The molecule has 1 N–H and O–H groups in total. The molecule has 4 nitrogen and oxygen atoms in total. The summed E-state index contributed by atoms with van der Waals surface area (Å²) in [4.78, 5) is 23.0. The van der Waals surface area contributed by atoms with Gasteiger partial charge >= 0.3 is 5.97 Å². The molecule has 6 heteroatoms. The molecule has 21 heavy (non-hydrogen) atoms. The summed E-state index contributed by atoms with van der Waals surface area (Å²) in [6, 6.07) is 2.65. The molecule has 112 valence electrons. The van der Waals surface area contributed by atoms with E-state index in [-0.39, 0.29) is 22.6 Å². The number of aromatic nitrogens is 1. The number of halogens is 2. The third kappa shape index (κ3) is 2.66. The third-order valence-electron chi connectivity index (χ3n) is 3.54. The van der Waals surface area contributed by atoms with Crippen LogP contribution in [0.2, 0.25) is 0 Å². The number of carbonyl (C=O) groups is 1. The molecule has 0 bridgehead atoms. The summed E-state index contributed by atoms with van der Waals surface area (Å²) in [5.74, 6) is -2.69. The summed E-state index contributed by atoms with van der Waals surface area (Å²) >= 11 is 0. The molecule has 0 saturated heterocycles. The smallest absolute Gasteiger partial charge is 0.309 e. The van der Waals surface area contributed by atoms with E-state index in [9.17, 15) is 18.4 Å². The van der Waals surface area contributed by atoms with Gasteiger partial charge in [-0.25, -0.2) is 8.78 Å². The van der Waals surface area contributed by atoms with Gasteiger partial charge in [-0.15, -0.1) is 0 Å². The zero-order valence-electron chi connectivity index (χ0n) is 11.7. The summed E-state index contributed by atoms with van der Waals surface area (Å²) in [6.45, 7) is 3.61. The third-order valence-corrected chi connectivity index (χ3v) is 3.54. The first kappa shape index (κ1) is 15.2.